The largest absolute Gasteiger partial charge is 0.450 e. The van der Waals surface area contributed by atoms with Gasteiger partial charge in [0.05, 0.1) is 19.3 Å². The number of rotatable bonds is 4. The summed E-state index contributed by atoms with van der Waals surface area (Å²) in [5.74, 6) is 4.94. The predicted octanol–water partition coefficient (Wildman–Crippen LogP) is 1.34. The van der Waals surface area contributed by atoms with Crippen molar-refractivity contribution in [3.8, 4) is 0 Å². The number of amides is 1. The summed E-state index contributed by atoms with van der Waals surface area (Å²) in [7, 11) is 0. The third-order valence-electron chi connectivity index (χ3n) is 3.39. The van der Waals surface area contributed by atoms with E-state index in [0.717, 1.165) is 17.4 Å². The molecule has 0 bridgehead atoms. The number of nitrogens with two attached hydrogens (primary N) is 1. The molecule has 1 saturated heterocycles. The second-order valence-corrected chi connectivity index (χ2v) is 4.68. The maximum atomic E-state index is 11.8. The molecular formula is C14H16N2O4. The summed E-state index contributed by atoms with van der Waals surface area (Å²) in [6.45, 7) is 1.61. The zero-order chi connectivity index (χ0) is 13.9. The third kappa shape index (κ3) is 2.40. The van der Waals surface area contributed by atoms with Gasteiger partial charge in [0.25, 0.3) is 0 Å². The van der Waals surface area contributed by atoms with Gasteiger partial charge in [0, 0.05) is 17.6 Å². The monoisotopic (exact) mass is 276 g/mol. The molecule has 106 valence electrons. The van der Waals surface area contributed by atoms with E-state index >= 15 is 0 Å². The molecule has 2 aromatic rings. The molecule has 1 aromatic heterocycles. The van der Waals surface area contributed by atoms with Crippen molar-refractivity contribution in [3.05, 3.63) is 35.6 Å². The van der Waals surface area contributed by atoms with Gasteiger partial charge in [-0.3, -0.25) is 10.2 Å². The number of furan rings is 1. The summed E-state index contributed by atoms with van der Waals surface area (Å²) in [6.07, 6.45) is 0.936. The Morgan fingerprint density at radius 3 is 3.05 bits per heavy atom. The van der Waals surface area contributed by atoms with Crippen LogP contribution in [0.3, 0.4) is 0 Å². The van der Waals surface area contributed by atoms with Crippen molar-refractivity contribution in [2.75, 3.05) is 13.2 Å². The Kier molecular flexibility index (Phi) is 3.68. The summed E-state index contributed by atoms with van der Waals surface area (Å²) in [6, 6.07) is 7.45. The Balaban J connectivity index is 1.91. The van der Waals surface area contributed by atoms with E-state index in [4.69, 9.17) is 19.7 Å². The summed E-state index contributed by atoms with van der Waals surface area (Å²) in [5, 5.41) is 0.866. The fourth-order valence-electron chi connectivity index (χ4n) is 2.34. The molecule has 3 N–H and O–H groups in total. The SMILES string of the molecule is NNC(=O)c1oc2ccccc2c1COC1CCOC1. The molecule has 20 heavy (non-hydrogen) atoms. The van der Waals surface area contributed by atoms with Crippen LogP contribution in [-0.4, -0.2) is 25.2 Å². The lowest BCUT2D eigenvalue weighted by Crippen LogP contribution is -2.30. The molecule has 1 aliphatic heterocycles. The molecule has 0 spiro atoms. The van der Waals surface area contributed by atoms with Gasteiger partial charge in [-0.25, -0.2) is 5.84 Å². The van der Waals surface area contributed by atoms with Crippen molar-refractivity contribution in [1.82, 2.24) is 5.43 Å². The molecule has 0 aliphatic carbocycles. The summed E-state index contributed by atoms with van der Waals surface area (Å²) >= 11 is 0. The molecule has 1 atom stereocenters. The smallest absolute Gasteiger partial charge is 0.301 e. The highest BCUT2D eigenvalue weighted by Gasteiger charge is 2.22. The molecule has 1 aliphatic rings. The number of para-hydroxylation sites is 1. The molecule has 3 rings (SSSR count). The maximum Gasteiger partial charge on any atom is 0.301 e. The van der Waals surface area contributed by atoms with Crippen LogP contribution in [0.2, 0.25) is 0 Å². The first-order valence-corrected chi connectivity index (χ1v) is 6.50. The van der Waals surface area contributed by atoms with Crippen molar-refractivity contribution in [2.45, 2.75) is 19.1 Å². The summed E-state index contributed by atoms with van der Waals surface area (Å²) in [5.41, 5.74) is 3.46. The second-order valence-electron chi connectivity index (χ2n) is 4.68. The molecule has 1 unspecified atom stereocenters. The van der Waals surface area contributed by atoms with Crippen LogP contribution in [0.25, 0.3) is 11.0 Å². The third-order valence-corrected chi connectivity index (χ3v) is 3.39. The van der Waals surface area contributed by atoms with Gasteiger partial charge in [0.1, 0.15) is 5.58 Å². The minimum absolute atomic E-state index is 0.0671. The van der Waals surface area contributed by atoms with Gasteiger partial charge in [0.15, 0.2) is 5.76 Å². The van der Waals surface area contributed by atoms with Crippen molar-refractivity contribution >= 4 is 16.9 Å². The molecule has 1 fully saturated rings. The topological polar surface area (TPSA) is 86.7 Å². The number of benzene rings is 1. The van der Waals surface area contributed by atoms with Gasteiger partial charge in [-0.05, 0) is 12.5 Å². The van der Waals surface area contributed by atoms with E-state index in [1.807, 2.05) is 24.3 Å². The predicted molar refractivity (Wildman–Crippen MR) is 71.9 cm³/mol. The normalized spacial score (nSPS) is 18.6. The van der Waals surface area contributed by atoms with E-state index in [2.05, 4.69) is 5.43 Å². The van der Waals surface area contributed by atoms with Crippen LogP contribution < -0.4 is 11.3 Å². The van der Waals surface area contributed by atoms with Crippen LogP contribution >= 0.6 is 0 Å². The van der Waals surface area contributed by atoms with Crippen LogP contribution in [0.15, 0.2) is 28.7 Å². The number of carbonyl (C=O) groups excluding carboxylic acids is 1. The molecule has 0 saturated carbocycles. The average Bonchev–Trinajstić information content (AvgIpc) is 3.11. The fourth-order valence-corrected chi connectivity index (χ4v) is 2.34. The highest BCUT2D eigenvalue weighted by molar-refractivity contribution is 5.98. The van der Waals surface area contributed by atoms with Gasteiger partial charge in [-0.2, -0.15) is 0 Å². The number of ether oxygens (including phenoxy) is 2. The molecule has 6 nitrogen and oxygen atoms in total. The lowest BCUT2D eigenvalue weighted by molar-refractivity contribution is 0.0314. The van der Waals surface area contributed by atoms with Crippen molar-refractivity contribution in [1.29, 1.82) is 0 Å². The average molecular weight is 276 g/mol. The minimum Gasteiger partial charge on any atom is -0.450 e. The molecule has 1 amide bonds. The number of nitrogens with one attached hydrogen (secondary N) is 1. The molecular weight excluding hydrogens is 260 g/mol. The standard InChI is InChI=1S/C14H16N2O4/c15-16-14(17)13-11(8-19-9-5-6-18-7-9)10-3-1-2-4-12(10)20-13/h1-4,9H,5-8,15H2,(H,16,17). The lowest BCUT2D eigenvalue weighted by atomic mass is 10.1. The maximum absolute atomic E-state index is 11.8. The van der Waals surface area contributed by atoms with Gasteiger partial charge < -0.3 is 13.9 Å². The zero-order valence-corrected chi connectivity index (χ0v) is 10.9. The Hall–Kier alpha value is -1.89. The highest BCUT2D eigenvalue weighted by Crippen LogP contribution is 2.27. The van der Waals surface area contributed by atoms with Crippen molar-refractivity contribution in [2.24, 2.45) is 5.84 Å². The van der Waals surface area contributed by atoms with E-state index in [1.54, 1.807) is 0 Å². The van der Waals surface area contributed by atoms with Gasteiger partial charge in [0.2, 0.25) is 0 Å². The van der Waals surface area contributed by atoms with E-state index in [1.165, 1.54) is 0 Å². The van der Waals surface area contributed by atoms with Crippen LogP contribution in [-0.2, 0) is 16.1 Å². The van der Waals surface area contributed by atoms with Crippen molar-refractivity contribution in [3.63, 3.8) is 0 Å². The zero-order valence-electron chi connectivity index (χ0n) is 10.9. The minimum atomic E-state index is -0.456. The highest BCUT2D eigenvalue weighted by atomic mass is 16.5. The quantitative estimate of drug-likeness (QED) is 0.500. The number of nitrogen functional groups attached to an aromatic ring is 1. The number of hydrogen-bond donors (Lipinski definition) is 2. The van der Waals surface area contributed by atoms with Gasteiger partial charge in [-0.1, -0.05) is 18.2 Å². The second kappa shape index (κ2) is 5.62. The van der Waals surface area contributed by atoms with E-state index in [-0.39, 0.29) is 11.9 Å². The molecule has 1 aromatic carbocycles. The van der Waals surface area contributed by atoms with Crippen molar-refractivity contribution < 1.29 is 18.7 Å². The van der Waals surface area contributed by atoms with Gasteiger partial charge in [-0.15, -0.1) is 0 Å². The Bertz CT molecular complexity index is 617. The Morgan fingerprint density at radius 1 is 1.45 bits per heavy atom. The first-order chi connectivity index (χ1) is 9.79. The van der Waals surface area contributed by atoms with Gasteiger partial charge >= 0.3 is 5.91 Å². The lowest BCUT2D eigenvalue weighted by Gasteiger charge is -2.09. The summed E-state index contributed by atoms with van der Waals surface area (Å²) in [4.78, 5) is 11.8. The fraction of sp³-hybridized carbons (Fsp3) is 0.357. The number of fused-ring (bicyclic) bond motifs is 1. The Morgan fingerprint density at radius 2 is 2.30 bits per heavy atom. The Labute approximate surface area is 115 Å². The number of hydrogen-bond acceptors (Lipinski definition) is 5. The van der Waals surface area contributed by atoms with Crippen LogP contribution in [0, 0.1) is 0 Å². The van der Waals surface area contributed by atoms with E-state index in [9.17, 15) is 4.79 Å². The van der Waals surface area contributed by atoms with E-state index < -0.39 is 5.91 Å². The molecule has 0 radical (unpaired) electrons. The van der Waals surface area contributed by atoms with Crippen LogP contribution in [0.1, 0.15) is 22.5 Å². The first kappa shape index (κ1) is 13.1. The van der Waals surface area contributed by atoms with Crippen LogP contribution in [0.5, 0.6) is 0 Å². The number of carbonyl (C=O) groups is 1. The van der Waals surface area contributed by atoms with E-state index in [0.29, 0.717) is 25.4 Å². The van der Waals surface area contributed by atoms with Crippen LogP contribution in [0.4, 0.5) is 0 Å². The summed E-state index contributed by atoms with van der Waals surface area (Å²) < 4.78 is 16.6. The first-order valence-electron chi connectivity index (χ1n) is 6.50. The molecule has 2 heterocycles. The number of hydrazine groups is 1. The molecule has 6 heteroatoms.